The van der Waals surface area contributed by atoms with Crippen LogP contribution in [0.3, 0.4) is 0 Å². The number of alkyl halides is 5. The molecular formula is C7H4F5N3O3. The van der Waals surface area contributed by atoms with E-state index in [0.717, 1.165) is 0 Å². The van der Waals surface area contributed by atoms with Crippen LogP contribution in [0.25, 0.3) is 0 Å². The molecule has 0 aliphatic carbocycles. The van der Waals surface area contributed by atoms with Crippen LogP contribution in [0.15, 0.2) is 6.07 Å². The first kappa shape index (κ1) is 13.9. The van der Waals surface area contributed by atoms with Crippen LogP contribution < -0.4 is 10.5 Å². The lowest BCUT2D eigenvalue weighted by Crippen LogP contribution is -2.19. The van der Waals surface area contributed by atoms with Crippen LogP contribution in [0.4, 0.5) is 33.3 Å². The molecule has 1 heterocycles. The third-order valence-electron chi connectivity index (χ3n) is 1.63. The fourth-order valence-corrected chi connectivity index (χ4v) is 1.03. The number of hydrogen-bond donors (Lipinski definition) is 1. The summed E-state index contributed by atoms with van der Waals surface area (Å²) in [6, 6.07) is 0.409. The summed E-state index contributed by atoms with van der Waals surface area (Å²) in [5.41, 5.74) is 1.64. The minimum Gasteiger partial charge on any atom is -0.393 e. The van der Waals surface area contributed by atoms with Gasteiger partial charge in [0.15, 0.2) is 0 Å². The molecule has 2 N–H and O–H groups in total. The van der Waals surface area contributed by atoms with Crippen molar-refractivity contribution in [2.24, 2.45) is 0 Å². The second-order valence-corrected chi connectivity index (χ2v) is 2.90. The normalized spacial score (nSPS) is 11.7. The van der Waals surface area contributed by atoms with Crippen molar-refractivity contribution >= 4 is 11.4 Å². The molecular weight excluding hydrogens is 269 g/mol. The number of ether oxygens (including phenoxy) is 1. The van der Waals surface area contributed by atoms with E-state index in [1.54, 1.807) is 0 Å². The summed E-state index contributed by atoms with van der Waals surface area (Å²) in [5, 5.41) is 10.5. The molecule has 0 bridgehead atoms. The molecule has 0 aliphatic rings. The van der Waals surface area contributed by atoms with Gasteiger partial charge in [0.2, 0.25) is 0 Å². The average Bonchev–Trinajstić information content (AvgIpc) is 2.12. The molecule has 0 spiro atoms. The number of halogens is 5. The van der Waals surface area contributed by atoms with Gasteiger partial charge < -0.3 is 10.5 Å². The van der Waals surface area contributed by atoms with E-state index in [2.05, 4.69) is 9.72 Å². The molecule has 18 heavy (non-hydrogen) atoms. The number of rotatable bonds is 3. The van der Waals surface area contributed by atoms with Gasteiger partial charge in [-0.25, -0.2) is 13.8 Å². The van der Waals surface area contributed by atoms with Gasteiger partial charge in [0.25, 0.3) is 6.43 Å². The van der Waals surface area contributed by atoms with Gasteiger partial charge in [-0.3, -0.25) is 10.1 Å². The van der Waals surface area contributed by atoms with Crippen molar-refractivity contribution in [3.8, 4) is 5.88 Å². The van der Waals surface area contributed by atoms with Gasteiger partial charge in [-0.05, 0) is 6.07 Å². The van der Waals surface area contributed by atoms with E-state index in [0.29, 0.717) is 6.07 Å². The molecule has 0 fully saturated rings. The van der Waals surface area contributed by atoms with E-state index >= 15 is 0 Å². The summed E-state index contributed by atoms with van der Waals surface area (Å²) in [7, 11) is 0. The van der Waals surface area contributed by atoms with E-state index in [1.165, 1.54) is 0 Å². The van der Waals surface area contributed by atoms with Crippen LogP contribution in [-0.2, 0) is 0 Å². The van der Waals surface area contributed by atoms with Crippen LogP contribution in [0.1, 0.15) is 12.1 Å². The van der Waals surface area contributed by atoms with Crippen molar-refractivity contribution in [1.29, 1.82) is 0 Å². The zero-order chi connectivity index (χ0) is 14.1. The Morgan fingerprint density at radius 1 is 1.44 bits per heavy atom. The van der Waals surface area contributed by atoms with Crippen molar-refractivity contribution in [2.45, 2.75) is 12.8 Å². The minimum atomic E-state index is -5.31. The number of nitrogens with two attached hydrogens (primary N) is 1. The average molecular weight is 273 g/mol. The predicted octanol–water partition coefficient (Wildman–Crippen LogP) is 2.41. The third-order valence-corrected chi connectivity index (χ3v) is 1.63. The third kappa shape index (κ3) is 3.15. The van der Waals surface area contributed by atoms with Gasteiger partial charge in [-0.2, -0.15) is 0 Å². The maximum absolute atomic E-state index is 12.3. The molecule has 0 saturated heterocycles. The number of aromatic nitrogens is 1. The number of nitro groups is 1. The van der Waals surface area contributed by atoms with E-state index in [1.807, 2.05) is 0 Å². The Kier molecular flexibility index (Phi) is 3.53. The molecule has 11 heteroatoms. The summed E-state index contributed by atoms with van der Waals surface area (Å²) in [6.07, 6.45) is -8.56. The van der Waals surface area contributed by atoms with Gasteiger partial charge >= 0.3 is 17.9 Å². The van der Waals surface area contributed by atoms with Gasteiger partial charge in [0, 0.05) is 0 Å². The standard InChI is InChI=1S/C7H4F5N3O3/c8-5(9)3-1-2(13)4(15(16)17)6(14-3)18-7(10,11)12/h1,5H,(H2,13,14). The first-order valence-electron chi connectivity index (χ1n) is 4.10. The second-order valence-electron chi connectivity index (χ2n) is 2.90. The number of anilines is 1. The predicted molar refractivity (Wildman–Crippen MR) is 46.9 cm³/mol. The minimum absolute atomic E-state index is 0.409. The zero-order valence-electron chi connectivity index (χ0n) is 8.24. The maximum Gasteiger partial charge on any atom is 0.574 e. The molecule has 0 amide bonds. The lowest BCUT2D eigenvalue weighted by atomic mass is 10.3. The first-order valence-corrected chi connectivity index (χ1v) is 4.10. The fraction of sp³-hybridized carbons (Fsp3) is 0.286. The maximum atomic E-state index is 12.3. The van der Waals surface area contributed by atoms with Gasteiger partial charge in [0.1, 0.15) is 11.4 Å². The lowest BCUT2D eigenvalue weighted by molar-refractivity contribution is -0.388. The summed E-state index contributed by atoms with van der Waals surface area (Å²) in [5.74, 6) is -1.62. The molecule has 0 atom stereocenters. The molecule has 0 aromatic carbocycles. The molecule has 6 nitrogen and oxygen atoms in total. The monoisotopic (exact) mass is 273 g/mol. The van der Waals surface area contributed by atoms with Crippen LogP contribution in [0, 0.1) is 10.1 Å². The van der Waals surface area contributed by atoms with E-state index in [4.69, 9.17) is 5.73 Å². The van der Waals surface area contributed by atoms with Crippen molar-refractivity contribution in [2.75, 3.05) is 5.73 Å². The molecule has 0 aliphatic heterocycles. The van der Waals surface area contributed by atoms with Crippen molar-refractivity contribution < 1.29 is 31.6 Å². The largest absolute Gasteiger partial charge is 0.574 e. The molecule has 0 radical (unpaired) electrons. The molecule has 1 rings (SSSR count). The van der Waals surface area contributed by atoms with E-state index < -0.39 is 40.7 Å². The van der Waals surface area contributed by atoms with Gasteiger partial charge in [0.05, 0.1) is 4.92 Å². The van der Waals surface area contributed by atoms with Crippen LogP contribution in [-0.4, -0.2) is 16.3 Å². The summed E-state index contributed by atoms with van der Waals surface area (Å²) >= 11 is 0. The zero-order valence-corrected chi connectivity index (χ0v) is 8.24. The van der Waals surface area contributed by atoms with Crippen LogP contribution in [0.2, 0.25) is 0 Å². The van der Waals surface area contributed by atoms with Crippen molar-refractivity contribution in [3.63, 3.8) is 0 Å². The number of nitrogen functional groups attached to an aromatic ring is 1. The molecule has 1 aromatic rings. The summed E-state index contributed by atoms with van der Waals surface area (Å²) in [4.78, 5) is 11.9. The van der Waals surface area contributed by atoms with Crippen LogP contribution in [0.5, 0.6) is 5.88 Å². The SMILES string of the molecule is Nc1cc(C(F)F)nc(OC(F)(F)F)c1[N+](=O)[O-]. The highest BCUT2D eigenvalue weighted by Crippen LogP contribution is 2.37. The topological polar surface area (TPSA) is 91.3 Å². The van der Waals surface area contributed by atoms with Crippen LogP contribution >= 0.6 is 0 Å². The highest BCUT2D eigenvalue weighted by molar-refractivity contribution is 5.64. The van der Waals surface area contributed by atoms with Gasteiger partial charge in [-0.15, -0.1) is 13.2 Å². The summed E-state index contributed by atoms with van der Waals surface area (Å²) < 4.78 is 63.5. The fourth-order valence-electron chi connectivity index (χ4n) is 1.03. The molecule has 0 unspecified atom stereocenters. The Bertz CT molecular complexity index is 476. The number of hydrogen-bond acceptors (Lipinski definition) is 5. The molecule has 0 saturated carbocycles. The Morgan fingerprint density at radius 3 is 2.39 bits per heavy atom. The van der Waals surface area contributed by atoms with Crippen molar-refractivity contribution in [1.82, 2.24) is 4.98 Å². The number of pyridine rings is 1. The lowest BCUT2D eigenvalue weighted by Gasteiger charge is -2.10. The van der Waals surface area contributed by atoms with Gasteiger partial charge in [-0.1, -0.05) is 0 Å². The van der Waals surface area contributed by atoms with Crippen molar-refractivity contribution in [3.05, 3.63) is 21.9 Å². The highest BCUT2D eigenvalue weighted by Gasteiger charge is 2.37. The Labute approximate surface area is 95.3 Å². The first-order chi connectivity index (χ1) is 8.11. The van der Waals surface area contributed by atoms with E-state index in [-0.39, 0.29) is 0 Å². The summed E-state index contributed by atoms with van der Waals surface area (Å²) in [6.45, 7) is 0. The van der Waals surface area contributed by atoms with E-state index in [9.17, 15) is 32.1 Å². The smallest absolute Gasteiger partial charge is 0.393 e. The Balaban J connectivity index is 3.38. The Morgan fingerprint density at radius 2 is 2.00 bits per heavy atom. The Hall–Kier alpha value is -2.20. The second kappa shape index (κ2) is 4.58. The molecule has 1 aromatic heterocycles. The molecule has 100 valence electrons. The number of nitrogens with zero attached hydrogens (tertiary/aromatic N) is 2. The quantitative estimate of drug-likeness (QED) is 0.518. The highest BCUT2D eigenvalue weighted by atomic mass is 19.4.